The molecule has 0 saturated carbocycles. The summed E-state index contributed by atoms with van der Waals surface area (Å²) < 4.78 is 21.4. The van der Waals surface area contributed by atoms with E-state index in [0.717, 1.165) is 11.1 Å². The summed E-state index contributed by atoms with van der Waals surface area (Å²) in [5, 5.41) is 0.512. The van der Waals surface area contributed by atoms with Gasteiger partial charge in [-0.05, 0) is 48.4 Å². The number of aryl methyl sites for hydroxylation is 1. The molecule has 0 amide bonds. The number of carbonyl (C=O) groups excluding carboxylic acids is 2. The topological polar surface area (TPSA) is 71.1 Å². The molecule has 2 aromatic carbocycles. The van der Waals surface area contributed by atoms with Gasteiger partial charge in [-0.1, -0.05) is 23.7 Å². The SMILES string of the molecule is COc1ccc(C=C2C(=O)OC(C)(C)OC2=O)cc1COc1ccc(C)cc1Cl. The molecule has 7 heteroatoms. The maximum Gasteiger partial charge on any atom is 0.348 e. The summed E-state index contributed by atoms with van der Waals surface area (Å²) in [6.45, 7) is 5.13. The number of benzene rings is 2. The van der Waals surface area contributed by atoms with E-state index in [1.165, 1.54) is 19.9 Å². The van der Waals surface area contributed by atoms with Gasteiger partial charge in [0.1, 0.15) is 23.7 Å². The number of esters is 2. The summed E-state index contributed by atoms with van der Waals surface area (Å²) in [5.41, 5.74) is 2.17. The Kier molecular flexibility index (Phi) is 5.84. The summed E-state index contributed by atoms with van der Waals surface area (Å²) in [5.74, 6) is -1.59. The molecule has 1 aliphatic heterocycles. The van der Waals surface area contributed by atoms with Gasteiger partial charge in [-0.25, -0.2) is 9.59 Å². The number of carbonyl (C=O) groups is 2. The highest BCUT2D eigenvalue weighted by Gasteiger charge is 2.38. The van der Waals surface area contributed by atoms with Gasteiger partial charge in [-0.15, -0.1) is 0 Å². The molecule has 6 nitrogen and oxygen atoms in total. The number of hydrogen-bond acceptors (Lipinski definition) is 6. The first-order chi connectivity index (χ1) is 13.7. The quantitative estimate of drug-likeness (QED) is 0.407. The average Bonchev–Trinajstić information content (AvgIpc) is 2.63. The van der Waals surface area contributed by atoms with E-state index in [-0.39, 0.29) is 12.2 Å². The van der Waals surface area contributed by atoms with Crippen LogP contribution in [-0.4, -0.2) is 24.8 Å². The van der Waals surface area contributed by atoms with Crippen LogP contribution in [0.15, 0.2) is 42.0 Å². The van der Waals surface area contributed by atoms with Crippen molar-refractivity contribution in [2.45, 2.75) is 33.2 Å². The summed E-state index contributed by atoms with van der Waals surface area (Å²) in [4.78, 5) is 24.3. The second-order valence-corrected chi connectivity index (χ2v) is 7.44. The van der Waals surface area contributed by atoms with Gasteiger partial charge in [0.25, 0.3) is 5.79 Å². The van der Waals surface area contributed by atoms with Crippen molar-refractivity contribution < 1.29 is 28.5 Å². The van der Waals surface area contributed by atoms with Crippen molar-refractivity contribution in [3.05, 3.63) is 63.7 Å². The van der Waals surface area contributed by atoms with Gasteiger partial charge < -0.3 is 18.9 Å². The molecule has 0 N–H and O–H groups in total. The monoisotopic (exact) mass is 416 g/mol. The molecule has 152 valence electrons. The molecular weight excluding hydrogens is 396 g/mol. The van der Waals surface area contributed by atoms with E-state index in [1.807, 2.05) is 19.1 Å². The van der Waals surface area contributed by atoms with Crippen LogP contribution in [0.1, 0.15) is 30.5 Å². The Hall–Kier alpha value is -2.99. The molecule has 0 aromatic heterocycles. The summed E-state index contributed by atoms with van der Waals surface area (Å²) in [6.07, 6.45) is 1.42. The first kappa shape index (κ1) is 20.7. The van der Waals surface area contributed by atoms with Crippen LogP contribution in [-0.2, 0) is 25.7 Å². The van der Waals surface area contributed by atoms with E-state index in [2.05, 4.69) is 0 Å². The Morgan fingerprint density at radius 1 is 1.03 bits per heavy atom. The maximum atomic E-state index is 12.2. The molecule has 29 heavy (non-hydrogen) atoms. The van der Waals surface area contributed by atoms with E-state index < -0.39 is 17.7 Å². The second kappa shape index (κ2) is 8.17. The molecule has 0 aliphatic carbocycles. The van der Waals surface area contributed by atoms with Crippen molar-refractivity contribution in [1.29, 1.82) is 0 Å². The van der Waals surface area contributed by atoms with Crippen molar-refractivity contribution >= 4 is 29.6 Å². The molecule has 0 unspecified atom stereocenters. The lowest BCUT2D eigenvalue weighted by atomic mass is 10.1. The highest BCUT2D eigenvalue weighted by atomic mass is 35.5. The van der Waals surface area contributed by atoms with Gasteiger partial charge in [0.05, 0.1) is 12.1 Å². The summed E-state index contributed by atoms with van der Waals surface area (Å²) in [7, 11) is 1.55. The van der Waals surface area contributed by atoms with Crippen LogP contribution in [0, 0.1) is 6.92 Å². The average molecular weight is 417 g/mol. The molecule has 0 atom stereocenters. The Balaban J connectivity index is 1.85. The highest BCUT2D eigenvalue weighted by molar-refractivity contribution is 6.32. The third-order valence-electron chi connectivity index (χ3n) is 4.20. The van der Waals surface area contributed by atoms with Gasteiger partial charge in [0.15, 0.2) is 0 Å². The third kappa shape index (κ3) is 4.90. The van der Waals surface area contributed by atoms with Gasteiger partial charge in [0.2, 0.25) is 0 Å². The van der Waals surface area contributed by atoms with E-state index in [9.17, 15) is 9.59 Å². The molecule has 2 aromatic rings. The lowest BCUT2D eigenvalue weighted by molar-refractivity contribution is -0.222. The molecule has 3 rings (SSSR count). The second-order valence-electron chi connectivity index (χ2n) is 7.03. The lowest BCUT2D eigenvalue weighted by Gasteiger charge is -2.29. The van der Waals surface area contributed by atoms with E-state index in [0.29, 0.717) is 22.1 Å². The van der Waals surface area contributed by atoms with E-state index in [1.54, 1.807) is 31.4 Å². The number of ether oxygens (including phenoxy) is 4. The minimum atomic E-state index is -1.28. The largest absolute Gasteiger partial charge is 0.496 e. The normalized spacial score (nSPS) is 15.4. The third-order valence-corrected chi connectivity index (χ3v) is 4.50. The van der Waals surface area contributed by atoms with Crippen molar-refractivity contribution in [1.82, 2.24) is 0 Å². The van der Waals surface area contributed by atoms with Gasteiger partial charge >= 0.3 is 11.9 Å². The standard InChI is InChI=1S/C22H21ClO6/c1-13-5-7-19(17(23)9-13)27-12-15-10-14(6-8-18(15)26-4)11-16-20(24)28-22(2,3)29-21(16)25/h5-11H,12H2,1-4H3. The number of hydrogen-bond donors (Lipinski definition) is 0. The van der Waals surface area contributed by atoms with Gasteiger partial charge in [-0.2, -0.15) is 0 Å². The van der Waals surface area contributed by atoms with Crippen molar-refractivity contribution in [2.75, 3.05) is 7.11 Å². The fraction of sp³-hybridized carbons (Fsp3) is 0.273. The molecular formula is C22H21ClO6. The van der Waals surface area contributed by atoms with Crippen LogP contribution in [0.25, 0.3) is 6.08 Å². The zero-order valence-corrected chi connectivity index (χ0v) is 17.3. The Bertz CT molecular complexity index is 971. The molecule has 1 saturated heterocycles. The van der Waals surface area contributed by atoms with Crippen LogP contribution >= 0.6 is 11.6 Å². The first-order valence-corrected chi connectivity index (χ1v) is 9.30. The van der Waals surface area contributed by atoms with Crippen LogP contribution in [0.5, 0.6) is 11.5 Å². The molecule has 0 spiro atoms. The molecule has 0 radical (unpaired) electrons. The zero-order valence-electron chi connectivity index (χ0n) is 16.6. The van der Waals surface area contributed by atoms with Crippen LogP contribution in [0.3, 0.4) is 0 Å². The van der Waals surface area contributed by atoms with Crippen molar-refractivity contribution in [3.63, 3.8) is 0 Å². The fourth-order valence-electron chi connectivity index (χ4n) is 2.82. The van der Waals surface area contributed by atoms with Gasteiger partial charge in [0, 0.05) is 19.4 Å². The van der Waals surface area contributed by atoms with E-state index in [4.69, 9.17) is 30.5 Å². The number of methoxy groups -OCH3 is 1. The predicted molar refractivity (Wildman–Crippen MR) is 108 cm³/mol. The van der Waals surface area contributed by atoms with Gasteiger partial charge in [-0.3, -0.25) is 0 Å². The minimum Gasteiger partial charge on any atom is -0.496 e. The Labute approximate surface area is 174 Å². The van der Waals surface area contributed by atoms with Crippen LogP contribution < -0.4 is 9.47 Å². The molecule has 0 bridgehead atoms. The Morgan fingerprint density at radius 3 is 2.31 bits per heavy atom. The van der Waals surface area contributed by atoms with Crippen LogP contribution in [0.4, 0.5) is 0 Å². The molecule has 1 fully saturated rings. The molecule has 1 aliphatic rings. The zero-order chi connectivity index (χ0) is 21.2. The summed E-state index contributed by atoms with van der Waals surface area (Å²) in [6, 6.07) is 10.7. The Morgan fingerprint density at radius 2 is 1.69 bits per heavy atom. The molecule has 1 heterocycles. The maximum absolute atomic E-state index is 12.2. The number of rotatable bonds is 5. The number of halogens is 1. The van der Waals surface area contributed by atoms with E-state index >= 15 is 0 Å². The van der Waals surface area contributed by atoms with Crippen molar-refractivity contribution in [2.24, 2.45) is 0 Å². The highest BCUT2D eigenvalue weighted by Crippen LogP contribution is 2.29. The fourth-order valence-corrected chi connectivity index (χ4v) is 3.11. The summed E-state index contributed by atoms with van der Waals surface area (Å²) >= 11 is 6.22. The predicted octanol–water partition coefficient (Wildman–Crippen LogP) is 4.46. The first-order valence-electron chi connectivity index (χ1n) is 8.93. The van der Waals surface area contributed by atoms with Crippen LogP contribution in [0.2, 0.25) is 5.02 Å². The smallest absolute Gasteiger partial charge is 0.348 e. The minimum absolute atomic E-state index is 0.178. The lowest BCUT2D eigenvalue weighted by Crippen LogP contribution is -2.41. The number of cyclic esters (lactones) is 2. The van der Waals surface area contributed by atoms with Crippen molar-refractivity contribution in [3.8, 4) is 11.5 Å².